The second-order valence-electron chi connectivity index (χ2n) is 5.42. The molecule has 0 atom stereocenters. The predicted octanol–water partition coefficient (Wildman–Crippen LogP) is 1.32. The second kappa shape index (κ2) is 4.77. The van der Waals surface area contributed by atoms with Crippen LogP contribution < -0.4 is 5.56 Å². The summed E-state index contributed by atoms with van der Waals surface area (Å²) in [5.74, 6) is -0.517. The number of aryl methyl sites for hydroxylation is 1. The molecule has 0 bridgehead atoms. The van der Waals surface area contributed by atoms with Gasteiger partial charge in [0.2, 0.25) is 0 Å². The van der Waals surface area contributed by atoms with Crippen molar-refractivity contribution < 1.29 is 9.90 Å². The fourth-order valence-corrected chi connectivity index (χ4v) is 2.98. The summed E-state index contributed by atoms with van der Waals surface area (Å²) in [5, 5.41) is 13.3. The number of fused-ring (bicyclic) bond motifs is 1. The summed E-state index contributed by atoms with van der Waals surface area (Å²) < 4.78 is 3.11. The number of aliphatic carboxylic acids is 1. The van der Waals surface area contributed by atoms with E-state index in [0.29, 0.717) is 17.3 Å². The Labute approximate surface area is 115 Å². The Hall–Kier alpha value is -2.11. The standard InChI is InChI=1S/C14H17N3O3/c1-16-10(7-14(19)20)6-13(18)17-12(16)8-11(15-17)9-4-2-3-5-9/h6,8-9H,2-5,7H2,1H3,(H,19,20). The quantitative estimate of drug-likeness (QED) is 0.916. The normalized spacial score (nSPS) is 16.1. The van der Waals surface area contributed by atoms with E-state index in [1.165, 1.54) is 23.4 Å². The number of carbonyl (C=O) groups is 1. The second-order valence-corrected chi connectivity index (χ2v) is 5.42. The average Bonchev–Trinajstić information content (AvgIpc) is 3.03. The van der Waals surface area contributed by atoms with E-state index in [1.54, 1.807) is 11.6 Å². The maximum atomic E-state index is 12.1. The van der Waals surface area contributed by atoms with Crippen molar-refractivity contribution in [2.24, 2.45) is 7.05 Å². The van der Waals surface area contributed by atoms with Crippen LogP contribution in [0.4, 0.5) is 0 Å². The molecule has 6 heteroatoms. The lowest BCUT2D eigenvalue weighted by molar-refractivity contribution is -0.136. The fourth-order valence-electron chi connectivity index (χ4n) is 2.98. The molecule has 1 N–H and O–H groups in total. The lowest BCUT2D eigenvalue weighted by Crippen LogP contribution is -2.21. The van der Waals surface area contributed by atoms with Gasteiger partial charge in [-0.15, -0.1) is 0 Å². The first-order valence-corrected chi connectivity index (χ1v) is 6.86. The predicted molar refractivity (Wildman–Crippen MR) is 73.0 cm³/mol. The van der Waals surface area contributed by atoms with E-state index in [2.05, 4.69) is 5.10 Å². The molecule has 0 amide bonds. The number of carboxylic acid groups (broad SMARTS) is 1. The third-order valence-electron chi connectivity index (χ3n) is 4.09. The highest BCUT2D eigenvalue weighted by molar-refractivity contribution is 5.69. The lowest BCUT2D eigenvalue weighted by atomic mass is 10.1. The van der Waals surface area contributed by atoms with E-state index in [0.717, 1.165) is 18.5 Å². The maximum absolute atomic E-state index is 12.1. The minimum Gasteiger partial charge on any atom is -0.481 e. The molecule has 2 aromatic heterocycles. The van der Waals surface area contributed by atoms with Crippen LogP contribution in [0, 0.1) is 0 Å². The summed E-state index contributed by atoms with van der Waals surface area (Å²) >= 11 is 0. The largest absolute Gasteiger partial charge is 0.481 e. The van der Waals surface area contributed by atoms with Crippen LogP contribution in [0.15, 0.2) is 16.9 Å². The number of hydrogen-bond acceptors (Lipinski definition) is 3. The van der Waals surface area contributed by atoms with Gasteiger partial charge in [0, 0.05) is 30.8 Å². The molecule has 1 saturated carbocycles. The summed E-state index contributed by atoms with van der Waals surface area (Å²) in [6.07, 6.45) is 4.48. The Morgan fingerprint density at radius 1 is 1.40 bits per heavy atom. The Morgan fingerprint density at radius 2 is 2.10 bits per heavy atom. The van der Waals surface area contributed by atoms with E-state index < -0.39 is 5.97 Å². The van der Waals surface area contributed by atoms with Gasteiger partial charge in [0.25, 0.3) is 5.56 Å². The van der Waals surface area contributed by atoms with Gasteiger partial charge in [0.15, 0.2) is 0 Å². The Bertz CT molecular complexity index is 723. The molecule has 1 aliphatic carbocycles. The Balaban J connectivity index is 2.12. The number of aromatic nitrogens is 3. The zero-order valence-electron chi connectivity index (χ0n) is 11.4. The molecule has 2 heterocycles. The number of rotatable bonds is 3. The fraction of sp³-hybridized carbons (Fsp3) is 0.500. The zero-order chi connectivity index (χ0) is 14.3. The molecule has 0 aliphatic heterocycles. The van der Waals surface area contributed by atoms with Crippen molar-refractivity contribution in [3.8, 4) is 0 Å². The number of nitrogens with zero attached hydrogens (tertiary/aromatic N) is 3. The van der Waals surface area contributed by atoms with E-state index >= 15 is 0 Å². The van der Waals surface area contributed by atoms with Gasteiger partial charge in [-0.3, -0.25) is 9.59 Å². The molecule has 1 aliphatic rings. The SMILES string of the molecule is Cn1c(CC(=O)O)cc(=O)n2nc(C3CCCC3)cc12. The Kier molecular flexibility index (Phi) is 3.08. The topological polar surface area (TPSA) is 76.6 Å². The van der Waals surface area contributed by atoms with Gasteiger partial charge in [-0.1, -0.05) is 12.8 Å². The highest BCUT2D eigenvalue weighted by atomic mass is 16.4. The third-order valence-corrected chi connectivity index (χ3v) is 4.09. The van der Waals surface area contributed by atoms with Gasteiger partial charge in [-0.25, -0.2) is 0 Å². The van der Waals surface area contributed by atoms with Gasteiger partial charge < -0.3 is 9.67 Å². The maximum Gasteiger partial charge on any atom is 0.309 e. The van der Waals surface area contributed by atoms with Gasteiger partial charge in [0.05, 0.1) is 12.1 Å². The first kappa shape index (κ1) is 12.9. The third kappa shape index (κ3) is 2.11. The average molecular weight is 275 g/mol. The van der Waals surface area contributed by atoms with E-state index in [4.69, 9.17) is 5.11 Å². The smallest absolute Gasteiger partial charge is 0.309 e. The van der Waals surface area contributed by atoms with Crippen molar-refractivity contribution in [3.63, 3.8) is 0 Å². The van der Waals surface area contributed by atoms with Gasteiger partial charge in [0.1, 0.15) is 5.65 Å². The minimum absolute atomic E-state index is 0.161. The molecule has 0 radical (unpaired) electrons. The van der Waals surface area contributed by atoms with Crippen LogP contribution in [0.5, 0.6) is 0 Å². The molecule has 0 spiro atoms. The van der Waals surface area contributed by atoms with Gasteiger partial charge in [-0.2, -0.15) is 9.61 Å². The van der Waals surface area contributed by atoms with Crippen molar-refractivity contribution in [2.75, 3.05) is 0 Å². The van der Waals surface area contributed by atoms with E-state index in [-0.39, 0.29) is 12.0 Å². The minimum atomic E-state index is -0.945. The van der Waals surface area contributed by atoms with E-state index in [1.807, 2.05) is 6.07 Å². The molecule has 3 rings (SSSR count). The molecule has 2 aromatic rings. The van der Waals surface area contributed by atoms with Crippen LogP contribution in [0.2, 0.25) is 0 Å². The van der Waals surface area contributed by atoms with Crippen LogP contribution in [-0.2, 0) is 18.3 Å². The molecular formula is C14H17N3O3. The van der Waals surface area contributed by atoms with Crippen LogP contribution in [-0.4, -0.2) is 25.3 Å². The number of carboxylic acids is 1. The van der Waals surface area contributed by atoms with Crippen molar-refractivity contribution in [1.29, 1.82) is 0 Å². The Morgan fingerprint density at radius 3 is 2.75 bits per heavy atom. The molecule has 0 unspecified atom stereocenters. The zero-order valence-corrected chi connectivity index (χ0v) is 11.4. The summed E-state index contributed by atoms with van der Waals surface area (Å²) in [6.45, 7) is 0. The highest BCUT2D eigenvalue weighted by Gasteiger charge is 2.21. The van der Waals surface area contributed by atoms with Crippen LogP contribution in [0.1, 0.15) is 43.0 Å². The molecular weight excluding hydrogens is 258 g/mol. The van der Waals surface area contributed by atoms with Crippen LogP contribution >= 0.6 is 0 Å². The molecule has 20 heavy (non-hydrogen) atoms. The molecule has 0 aromatic carbocycles. The first-order chi connectivity index (χ1) is 9.56. The monoisotopic (exact) mass is 275 g/mol. The summed E-state index contributed by atoms with van der Waals surface area (Å²) in [5.41, 5.74) is 1.84. The first-order valence-electron chi connectivity index (χ1n) is 6.86. The van der Waals surface area contributed by atoms with Crippen molar-refractivity contribution in [1.82, 2.24) is 14.2 Å². The van der Waals surface area contributed by atoms with Crippen LogP contribution in [0.25, 0.3) is 5.65 Å². The summed E-state index contributed by atoms with van der Waals surface area (Å²) in [6, 6.07) is 3.27. The lowest BCUT2D eigenvalue weighted by Gasteiger charge is -2.07. The summed E-state index contributed by atoms with van der Waals surface area (Å²) in [7, 11) is 1.77. The molecule has 106 valence electrons. The molecule has 6 nitrogen and oxygen atoms in total. The van der Waals surface area contributed by atoms with Crippen molar-refractivity contribution >= 4 is 11.6 Å². The van der Waals surface area contributed by atoms with Gasteiger partial charge >= 0.3 is 5.97 Å². The highest BCUT2D eigenvalue weighted by Crippen LogP contribution is 2.33. The van der Waals surface area contributed by atoms with Crippen LogP contribution in [0.3, 0.4) is 0 Å². The molecule has 0 saturated heterocycles. The van der Waals surface area contributed by atoms with Crippen molar-refractivity contribution in [2.45, 2.75) is 38.0 Å². The van der Waals surface area contributed by atoms with Crippen molar-refractivity contribution in [3.05, 3.63) is 33.9 Å². The number of hydrogen-bond donors (Lipinski definition) is 1. The van der Waals surface area contributed by atoms with E-state index in [9.17, 15) is 9.59 Å². The van der Waals surface area contributed by atoms with Gasteiger partial charge in [-0.05, 0) is 12.8 Å². The molecule has 1 fully saturated rings. The summed E-state index contributed by atoms with van der Waals surface area (Å²) in [4.78, 5) is 22.9.